The average molecular weight is 345 g/mol. The summed E-state index contributed by atoms with van der Waals surface area (Å²) in [6.07, 6.45) is 6.42. The van der Waals surface area contributed by atoms with Crippen LogP contribution in [0.1, 0.15) is 43.2 Å². The fraction of sp³-hybridized carbons (Fsp3) is 0.650. The number of rotatable bonds is 8. The molecule has 1 unspecified atom stereocenters. The van der Waals surface area contributed by atoms with Crippen molar-refractivity contribution in [3.8, 4) is 5.75 Å². The minimum Gasteiger partial charge on any atom is -0.493 e. The molecule has 1 saturated heterocycles. The first-order valence-corrected chi connectivity index (χ1v) is 9.53. The second kappa shape index (κ2) is 9.09. The van der Waals surface area contributed by atoms with Gasteiger partial charge < -0.3 is 20.1 Å². The normalized spacial score (nSPS) is 20.6. The minimum atomic E-state index is 0.408. The lowest BCUT2D eigenvalue weighted by Crippen LogP contribution is -2.38. The maximum absolute atomic E-state index is 6.04. The number of hydrogen-bond acceptors (Lipinski definition) is 3. The van der Waals surface area contributed by atoms with E-state index in [-0.39, 0.29) is 0 Å². The summed E-state index contributed by atoms with van der Waals surface area (Å²) in [5, 5.41) is 6.77. The number of aliphatic imine (C=N–C) groups is 1. The molecule has 5 nitrogen and oxygen atoms in total. The molecule has 0 spiro atoms. The lowest BCUT2D eigenvalue weighted by Gasteiger charge is -2.16. The zero-order chi connectivity index (χ0) is 17.5. The third-order valence-corrected chi connectivity index (χ3v) is 4.85. The zero-order valence-corrected chi connectivity index (χ0v) is 15.5. The van der Waals surface area contributed by atoms with Crippen molar-refractivity contribution in [2.24, 2.45) is 10.9 Å². The van der Waals surface area contributed by atoms with Gasteiger partial charge in [0, 0.05) is 32.3 Å². The van der Waals surface area contributed by atoms with E-state index in [1.54, 1.807) is 7.05 Å². The molecule has 0 amide bonds. The van der Waals surface area contributed by atoms with E-state index in [0.717, 1.165) is 43.8 Å². The standard InChI is InChI=1S/C20H31N3O2/c1-15-5-8-17(19(12-15)25-14-16-6-7-16)13-23-20(21-2)22-10-9-18-4-3-11-24-18/h5,8,12,16,18H,3-4,6-7,9-11,13-14H2,1-2H3,(H2,21,22,23). The van der Waals surface area contributed by atoms with Crippen molar-refractivity contribution in [3.63, 3.8) is 0 Å². The second-order valence-corrected chi connectivity index (χ2v) is 7.14. The molecule has 138 valence electrons. The van der Waals surface area contributed by atoms with Crippen molar-refractivity contribution in [3.05, 3.63) is 29.3 Å². The van der Waals surface area contributed by atoms with E-state index < -0.39 is 0 Å². The summed E-state index contributed by atoms with van der Waals surface area (Å²) in [7, 11) is 1.81. The van der Waals surface area contributed by atoms with Gasteiger partial charge in [-0.25, -0.2) is 0 Å². The molecular formula is C20H31N3O2. The molecule has 0 radical (unpaired) electrons. The van der Waals surface area contributed by atoms with Crippen molar-refractivity contribution in [1.29, 1.82) is 0 Å². The molecule has 1 aromatic rings. The van der Waals surface area contributed by atoms with Crippen LogP contribution >= 0.6 is 0 Å². The predicted octanol–water partition coefficient (Wildman–Crippen LogP) is 3.02. The van der Waals surface area contributed by atoms with Gasteiger partial charge in [-0.3, -0.25) is 4.99 Å². The Labute approximate surface area is 151 Å². The van der Waals surface area contributed by atoms with Crippen molar-refractivity contribution >= 4 is 5.96 Å². The summed E-state index contributed by atoms with van der Waals surface area (Å²) >= 11 is 0. The first kappa shape index (κ1) is 18.1. The van der Waals surface area contributed by atoms with E-state index in [0.29, 0.717) is 12.6 Å². The summed E-state index contributed by atoms with van der Waals surface area (Å²) in [6.45, 7) is 5.44. The van der Waals surface area contributed by atoms with Crippen molar-refractivity contribution < 1.29 is 9.47 Å². The SMILES string of the molecule is CN=C(NCCC1CCCO1)NCc1ccc(C)cc1OCC1CC1. The van der Waals surface area contributed by atoms with Gasteiger partial charge in [0.15, 0.2) is 5.96 Å². The average Bonchev–Trinajstić information content (AvgIpc) is 3.31. The highest BCUT2D eigenvalue weighted by Crippen LogP contribution is 2.30. The van der Waals surface area contributed by atoms with E-state index in [2.05, 4.69) is 40.7 Å². The van der Waals surface area contributed by atoms with Crippen molar-refractivity contribution in [2.45, 2.75) is 51.7 Å². The van der Waals surface area contributed by atoms with Crippen LogP contribution in [0.15, 0.2) is 23.2 Å². The fourth-order valence-electron chi connectivity index (χ4n) is 3.06. The highest BCUT2D eigenvalue weighted by atomic mass is 16.5. The Kier molecular flexibility index (Phi) is 6.56. The van der Waals surface area contributed by atoms with E-state index in [4.69, 9.17) is 9.47 Å². The number of aryl methyl sites for hydroxylation is 1. The summed E-state index contributed by atoms with van der Waals surface area (Å²) in [4.78, 5) is 4.31. The maximum atomic E-state index is 6.04. The molecule has 5 heteroatoms. The second-order valence-electron chi connectivity index (χ2n) is 7.14. The largest absolute Gasteiger partial charge is 0.493 e. The third-order valence-electron chi connectivity index (χ3n) is 4.85. The number of nitrogens with one attached hydrogen (secondary N) is 2. The monoisotopic (exact) mass is 345 g/mol. The van der Waals surface area contributed by atoms with Gasteiger partial charge in [-0.2, -0.15) is 0 Å². The van der Waals surface area contributed by atoms with Gasteiger partial charge in [0.25, 0.3) is 0 Å². The van der Waals surface area contributed by atoms with E-state index in [9.17, 15) is 0 Å². The summed E-state index contributed by atoms with van der Waals surface area (Å²) in [5.74, 6) is 2.58. The molecule has 1 aromatic carbocycles. The first-order chi connectivity index (χ1) is 12.2. The van der Waals surface area contributed by atoms with Gasteiger partial charge in [-0.1, -0.05) is 12.1 Å². The molecule has 0 aromatic heterocycles. The first-order valence-electron chi connectivity index (χ1n) is 9.53. The molecule has 2 N–H and O–H groups in total. The lowest BCUT2D eigenvalue weighted by atomic mass is 10.1. The van der Waals surface area contributed by atoms with Crippen LogP contribution in [0, 0.1) is 12.8 Å². The summed E-state index contributed by atoms with van der Waals surface area (Å²) < 4.78 is 11.7. The molecule has 1 heterocycles. The Bertz CT molecular complexity index is 578. The van der Waals surface area contributed by atoms with Crippen LogP contribution in [0.4, 0.5) is 0 Å². The van der Waals surface area contributed by atoms with E-state index >= 15 is 0 Å². The maximum Gasteiger partial charge on any atom is 0.191 e. The van der Waals surface area contributed by atoms with Gasteiger partial charge in [0.05, 0.1) is 12.7 Å². The summed E-state index contributed by atoms with van der Waals surface area (Å²) in [5.41, 5.74) is 2.40. The number of guanidine groups is 1. The van der Waals surface area contributed by atoms with Crippen LogP contribution < -0.4 is 15.4 Å². The molecule has 25 heavy (non-hydrogen) atoms. The van der Waals surface area contributed by atoms with Crippen molar-refractivity contribution in [2.75, 3.05) is 26.8 Å². The number of hydrogen-bond donors (Lipinski definition) is 2. The van der Waals surface area contributed by atoms with Gasteiger partial charge in [-0.15, -0.1) is 0 Å². The van der Waals surface area contributed by atoms with Crippen LogP contribution in [0.25, 0.3) is 0 Å². The Morgan fingerprint density at radius 1 is 1.28 bits per heavy atom. The summed E-state index contributed by atoms with van der Waals surface area (Å²) in [6, 6.07) is 6.41. The zero-order valence-electron chi connectivity index (χ0n) is 15.5. The molecular weight excluding hydrogens is 314 g/mol. The number of nitrogens with zero attached hydrogens (tertiary/aromatic N) is 1. The van der Waals surface area contributed by atoms with Gasteiger partial charge >= 0.3 is 0 Å². The fourth-order valence-corrected chi connectivity index (χ4v) is 3.06. The smallest absolute Gasteiger partial charge is 0.191 e. The van der Waals surface area contributed by atoms with Crippen LogP contribution in [-0.4, -0.2) is 38.9 Å². The van der Waals surface area contributed by atoms with Crippen LogP contribution in [0.3, 0.4) is 0 Å². The predicted molar refractivity (Wildman–Crippen MR) is 101 cm³/mol. The van der Waals surface area contributed by atoms with Gasteiger partial charge in [-0.05, 0) is 56.6 Å². The molecule has 3 rings (SSSR count). The Morgan fingerprint density at radius 2 is 2.16 bits per heavy atom. The molecule has 2 fully saturated rings. The number of benzene rings is 1. The van der Waals surface area contributed by atoms with Gasteiger partial charge in [0.1, 0.15) is 5.75 Å². The molecule has 1 aliphatic heterocycles. The van der Waals surface area contributed by atoms with Crippen LogP contribution in [-0.2, 0) is 11.3 Å². The molecule has 0 bridgehead atoms. The van der Waals surface area contributed by atoms with Crippen LogP contribution in [0.5, 0.6) is 5.75 Å². The molecule has 1 atom stereocenters. The highest BCUT2D eigenvalue weighted by molar-refractivity contribution is 5.79. The van der Waals surface area contributed by atoms with E-state index in [1.165, 1.54) is 36.8 Å². The quantitative estimate of drug-likeness (QED) is 0.562. The highest BCUT2D eigenvalue weighted by Gasteiger charge is 2.22. The minimum absolute atomic E-state index is 0.408. The Morgan fingerprint density at radius 3 is 2.88 bits per heavy atom. The van der Waals surface area contributed by atoms with Crippen LogP contribution in [0.2, 0.25) is 0 Å². The Balaban J connectivity index is 1.46. The van der Waals surface area contributed by atoms with Gasteiger partial charge in [0.2, 0.25) is 0 Å². The number of ether oxygens (including phenoxy) is 2. The van der Waals surface area contributed by atoms with E-state index in [1.807, 2.05) is 0 Å². The molecule has 1 aliphatic carbocycles. The van der Waals surface area contributed by atoms with Crippen molar-refractivity contribution in [1.82, 2.24) is 10.6 Å². The third kappa shape index (κ3) is 5.92. The molecule has 2 aliphatic rings. The Hall–Kier alpha value is -1.75. The topological polar surface area (TPSA) is 54.9 Å². The lowest BCUT2D eigenvalue weighted by molar-refractivity contribution is 0.105. The molecule has 1 saturated carbocycles.